The number of nitrogens with two attached hydrogens (primary N) is 1. The molecule has 0 aromatic heterocycles. The fourth-order valence-corrected chi connectivity index (χ4v) is 7.82. The standard InChI is InChI=1S/C28H29N5O18S5.3Na/c1-42-23-7-3-16(55(38,39)11-9-44-53-50-47-36)13-21(23)30-32-26-19-15-25(52-49-46-35)27(28(34)18(19)5-6-20(26)29)33-31-22-14-17(4-8-24(22)43-2)56(40,41)12-10-45-54-51-48-37;;;/h3-8,13-15,34-37H,9-12,29H2,1-2H3;;;/q;3*+1/p-3. The third-order valence-corrected chi connectivity index (χ3v) is 11.7. The molecule has 23 nitrogen and oxygen atoms in total. The van der Waals surface area contributed by atoms with Crippen molar-refractivity contribution in [3.05, 3.63) is 54.6 Å². The van der Waals surface area contributed by atoms with Gasteiger partial charge < -0.3 is 36.1 Å². The van der Waals surface area contributed by atoms with Gasteiger partial charge in [-0.3, -0.25) is 23.5 Å². The van der Waals surface area contributed by atoms with E-state index in [2.05, 4.69) is 48.6 Å². The Bertz CT molecular complexity index is 2270. The average molecular weight is 950 g/mol. The van der Waals surface area contributed by atoms with Crippen molar-refractivity contribution in [2.45, 2.75) is 14.7 Å². The van der Waals surface area contributed by atoms with E-state index in [1.807, 2.05) is 0 Å². The summed E-state index contributed by atoms with van der Waals surface area (Å²) in [5.41, 5.74) is 5.86. The van der Waals surface area contributed by atoms with Gasteiger partial charge in [-0.15, -0.1) is 29.1 Å². The van der Waals surface area contributed by atoms with Gasteiger partial charge in [0.2, 0.25) is 0 Å². The summed E-state index contributed by atoms with van der Waals surface area (Å²) in [6.45, 7) is -0.747. The van der Waals surface area contributed by atoms with Crippen LogP contribution in [0.15, 0.2) is 89.7 Å². The van der Waals surface area contributed by atoms with Crippen LogP contribution in [-0.2, 0) is 56.2 Å². The van der Waals surface area contributed by atoms with Crippen LogP contribution in [0.2, 0.25) is 0 Å². The fourth-order valence-electron chi connectivity index (χ4n) is 4.49. The van der Waals surface area contributed by atoms with Crippen LogP contribution in [0.25, 0.3) is 10.8 Å². The van der Waals surface area contributed by atoms with Crippen molar-refractivity contribution in [3.63, 3.8) is 0 Å². The largest absolute Gasteiger partial charge is 1.00 e. The molecule has 0 aliphatic carbocycles. The summed E-state index contributed by atoms with van der Waals surface area (Å²) in [4.78, 5) is -0.463. The maximum Gasteiger partial charge on any atom is 1.00 e. The number of sulfone groups is 2. The number of ether oxygens (including phenoxy) is 2. The van der Waals surface area contributed by atoms with Crippen molar-refractivity contribution in [3.8, 4) is 17.2 Å². The molecule has 0 unspecified atom stereocenters. The number of phenolic OH excluding ortho intramolecular Hbond substituents is 1. The van der Waals surface area contributed by atoms with Crippen LogP contribution < -0.4 is 120 Å². The second kappa shape index (κ2) is 28.0. The number of azo groups is 2. The number of phenols is 1. The summed E-state index contributed by atoms with van der Waals surface area (Å²) in [6, 6.07) is 11.7. The van der Waals surface area contributed by atoms with Gasteiger partial charge >= 0.3 is 88.7 Å². The predicted molar refractivity (Wildman–Crippen MR) is 188 cm³/mol. The second-order valence-electron chi connectivity index (χ2n) is 10.1. The minimum atomic E-state index is -3.98. The Balaban J connectivity index is 0.00000580. The summed E-state index contributed by atoms with van der Waals surface area (Å²) in [5.74, 6) is -1.36. The molecule has 4 rings (SSSR count). The van der Waals surface area contributed by atoms with E-state index in [-0.39, 0.29) is 192 Å². The van der Waals surface area contributed by atoms with Crippen molar-refractivity contribution in [1.82, 2.24) is 0 Å². The first-order chi connectivity index (χ1) is 26.9. The van der Waals surface area contributed by atoms with Gasteiger partial charge in [-0.2, -0.15) is 4.33 Å². The van der Waals surface area contributed by atoms with Crippen molar-refractivity contribution < 1.29 is 172 Å². The molecule has 0 heterocycles. The van der Waals surface area contributed by atoms with Gasteiger partial charge in [0.1, 0.15) is 34.2 Å². The van der Waals surface area contributed by atoms with E-state index in [9.17, 15) is 37.7 Å². The third kappa shape index (κ3) is 16.0. The molecule has 0 atom stereocenters. The monoisotopic (exact) mass is 949 g/mol. The fraction of sp³-hybridized carbons (Fsp3) is 0.214. The third-order valence-electron chi connectivity index (χ3n) is 7.00. The van der Waals surface area contributed by atoms with Crippen LogP contribution in [0, 0.1) is 0 Å². The van der Waals surface area contributed by atoms with Gasteiger partial charge in [0.25, 0.3) is 0 Å². The van der Waals surface area contributed by atoms with Crippen LogP contribution in [0.4, 0.5) is 28.4 Å². The molecule has 0 fully saturated rings. The molecule has 0 bridgehead atoms. The number of hydrogen-bond acceptors (Lipinski definition) is 26. The first-order valence-corrected chi connectivity index (χ1v) is 20.1. The van der Waals surface area contributed by atoms with Crippen LogP contribution in [-0.4, -0.2) is 60.9 Å². The van der Waals surface area contributed by atoms with Crippen molar-refractivity contribution in [2.75, 3.05) is 44.7 Å². The van der Waals surface area contributed by atoms with Gasteiger partial charge in [-0.05, 0) is 54.6 Å². The number of methoxy groups -OCH3 is 2. The van der Waals surface area contributed by atoms with Gasteiger partial charge in [0.15, 0.2) is 50.1 Å². The summed E-state index contributed by atoms with van der Waals surface area (Å²) in [7, 11) is -5.31. The van der Waals surface area contributed by atoms with E-state index in [0.717, 1.165) is 6.07 Å². The Morgan fingerprint density at radius 3 is 1.58 bits per heavy atom. The molecule has 4 aromatic carbocycles. The van der Waals surface area contributed by atoms with E-state index in [0.29, 0.717) is 12.0 Å². The van der Waals surface area contributed by atoms with Gasteiger partial charge in [0.05, 0.1) is 71.4 Å². The first-order valence-electron chi connectivity index (χ1n) is 14.8. The van der Waals surface area contributed by atoms with Gasteiger partial charge in [0, 0.05) is 10.8 Å². The summed E-state index contributed by atoms with van der Waals surface area (Å²) in [5, 5.41) is 68.5. The normalized spacial score (nSPS) is 11.7. The number of hydrogen-bond donors (Lipinski definition) is 2. The molecule has 0 amide bonds. The Kier molecular flexibility index (Phi) is 26.6. The van der Waals surface area contributed by atoms with Gasteiger partial charge in [-0.25, -0.2) is 16.8 Å². The molecule has 0 aliphatic heterocycles. The van der Waals surface area contributed by atoms with Crippen LogP contribution in [0.3, 0.4) is 0 Å². The summed E-state index contributed by atoms with van der Waals surface area (Å²) < 4.78 is 84.2. The molecule has 0 spiro atoms. The number of fused-ring (bicyclic) bond motifs is 1. The average Bonchev–Trinajstić information content (AvgIpc) is 3.18. The van der Waals surface area contributed by atoms with Crippen LogP contribution in [0.5, 0.6) is 17.2 Å². The van der Waals surface area contributed by atoms with Crippen molar-refractivity contribution >= 4 is 95.6 Å². The predicted octanol–water partition coefficient (Wildman–Crippen LogP) is -5.63. The second-order valence-corrected chi connectivity index (χ2v) is 16.1. The number of rotatable bonds is 23. The van der Waals surface area contributed by atoms with E-state index < -0.39 is 36.9 Å². The summed E-state index contributed by atoms with van der Waals surface area (Å²) >= 11 is 0.623. The quantitative estimate of drug-likeness (QED) is 0.0133. The van der Waals surface area contributed by atoms with Crippen molar-refractivity contribution in [1.29, 1.82) is 0 Å². The summed E-state index contributed by atoms with van der Waals surface area (Å²) in [6.07, 6.45) is 0. The Hall–Kier alpha value is -0.950. The molecule has 4 aromatic rings. The maximum absolute atomic E-state index is 12.9. The molecule has 0 aliphatic rings. The molecular formula is C28H26N5Na3O18S5. The molecule has 0 radical (unpaired) electrons. The van der Waals surface area contributed by atoms with E-state index in [4.69, 9.17) is 23.6 Å². The molecular weight excluding hydrogens is 924 g/mol. The van der Waals surface area contributed by atoms with Crippen molar-refractivity contribution in [2.24, 2.45) is 20.5 Å². The Labute approximate surface area is 414 Å². The Morgan fingerprint density at radius 1 is 0.644 bits per heavy atom. The number of benzene rings is 4. The zero-order valence-electron chi connectivity index (χ0n) is 31.3. The number of aromatic hydroxyl groups is 1. The molecule has 304 valence electrons. The molecule has 59 heavy (non-hydrogen) atoms. The molecule has 3 N–H and O–H groups in total. The van der Waals surface area contributed by atoms with E-state index in [1.54, 1.807) is 0 Å². The van der Waals surface area contributed by atoms with E-state index >= 15 is 0 Å². The number of nitrogen functional groups attached to an aromatic ring is 1. The maximum atomic E-state index is 12.9. The zero-order valence-corrected chi connectivity index (χ0v) is 41.4. The van der Waals surface area contributed by atoms with E-state index in [1.165, 1.54) is 62.8 Å². The molecule has 0 saturated carbocycles. The van der Waals surface area contributed by atoms with Gasteiger partial charge in [-0.1, -0.05) is 0 Å². The SMILES string of the molecule is COc1ccc(S(=O)(=O)CCOSOO[O-])cc1N=Nc1c(SOO[O-])cc2c(N=Nc3cc(S(=O)(=O)CCOSOO[O-])ccc3OC)c(N)ccc2c1O.[Na+].[Na+].[Na+]. The molecule has 31 heteroatoms. The minimum Gasteiger partial charge on any atom is -0.691 e. The van der Waals surface area contributed by atoms with Crippen LogP contribution in [0.1, 0.15) is 0 Å². The van der Waals surface area contributed by atoms with Crippen LogP contribution >= 0.6 is 36.7 Å². The first kappa shape index (κ1) is 56.1. The smallest absolute Gasteiger partial charge is 0.691 e. The number of anilines is 1. The zero-order chi connectivity index (χ0) is 40.7. The Morgan fingerprint density at radius 2 is 1.12 bits per heavy atom. The number of nitrogens with zero attached hydrogens (tertiary/aromatic N) is 4. The topological polar surface area (TPSA) is 325 Å². The minimum absolute atomic E-state index is 0. The molecule has 0 saturated heterocycles.